The summed E-state index contributed by atoms with van der Waals surface area (Å²) in [6.07, 6.45) is 5.68. The van der Waals surface area contributed by atoms with Crippen LogP contribution >= 0.6 is 11.3 Å². The monoisotopic (exact) mass is 411 g/mol. The number of carbonyl (C=O) groups excluding carboxylic acids is 1. The molecule has 1 amide bonds. The number of aromatic nitrogens is 2. The van der Waals surface area contributed by atoms with E-state index in [1.165, 1.54) is 15.8 Å². The predicted octanol–water partition coefficient (Wildman–Crippen LogP) is 2.94. The Morgan fingerprint density at radius 2 is 2.10 bits per heavy atom. The minimum Gasteiger partial charge on any atom is -0.454 e. The van der Waals surface area contributed by atoms with Crippen molar-refractivity contribution in [1.29, 1.82) is 0 Å². The third-order valence-corrected chi connectivity index (χ3v) is 6.73. The summed E-state index contributed by atoms with van der Waals surface area (Å²) in [5.41, 5.74) is 1.92. The highest BCUT2D eigenvalue weighted by Crippen LogP contribution is 2.34. The molecule has 0 spiro atoms. The molecule has 3 heterocycles. The molecule has 8 heteroatoms. The molecule has 3 aromatic rings. The normalized spacial score (nSPS) is 15.9. The van der Waals surface area contributed by atoms with E-state index in [1.54, 1.807) is 11.3 Å². The average molecular weight is 411 g/mol. The van der Waals surface area contributed by atoms with Gasteiger partial charge in [0.15, 0.2) is 11.5 Å². The van der Waals surface area contributed by atoms with Crippen molar-refractivity contribution < 1.29 is 14.3 Å². The number of nitrogens with zero attached hydrogens (tertiary/aromatic N) is 2. The molecule has 1 aromatic carbocycles. The van der Waals surface area contributed by atoms with E-state index in [-0.39, 0.29) is 30.8 Å². The Kier molecular flexibility index (Phi) is 4.50. The smallest absolute Gasteiger partial charge is 0.262 e. The van der Waals surface area contributed by atoms with Gasteiger partial charge in [-0.05, 0) is 55.9 Å². The van der Waals surface area contributed by atoms with Crippen molar-refractivity contribution in [3.05, 3.63) is 50.9 Å². The number of benzene rings is 1. The first-order chi connectivity index (χ1) is 14.1. The summed E-state index contributed by atoms with van der Waals surface area (Å²) in [7, 11) is 0. The van der Waals surface area contributed by atoms with Crippen molar-refractivity contribution in [1.82, 2.24) is 14.9 Å². The number of rotatable bonds is 4. The van der Waals surface area contributed by atoms with Gasteiger partial charge in [-0.3, -0.25) is 14.2 Å². The van der Waals surface area contributed by atoms with Crippen molar-refractivity contribution in [2.24, 2.45) is 0 Å². The largest absolute Gasteiger partial charge is 0.454 e. The number of thiophene rings is 1. The minimum atomic E-state index is -0.234. The van der Waals surface area contributed by atoms with Crippen LogP contribution < -0.4 is 20.3 Å². The maximum atomic E-state index is 13.0. The van der Waals surface area contributed by atoms with Gasteiger partial charge in [-0.25, -0.2) is 4.98 Å². The molecule has 0 saturated heterocycles. The fraction of sp³-hybridized carbons (Fsp3) is 0.381. The molecule has 5 rings (SSSR count). The Labute approximate surface area is 171 Å². The molecular weight excluding hydrogens is 390 g/mol. The number of amides is 1. The van der Waals surface area contributed by atoms with E-state index < -0.39 is 0 Å². The fourth-order valence-corrected chi connectivity index (χ4v) is 5.22. The first-order valence-electron chi connectivity index (χ1n) is 9.79. The molecule has 7 nitrogen and oxygen atoms in total. The highest BCUT2D eigenvalue weighted by atomic mass is 32.1. The van der Waals surface area contributed by atoms with Crippen LogP contribution in [0.5, 0.6) is 11.5 Å². The van der Waals surface area contributed by atoms with Crippen LogP contribution in [-0.4, -0.2) is 22.3 Å². The second-order valence-electron chi connectivity index (χ2n) is 7.47. The van der Waals surface area contributed by atoms with Crippen LogP contribution in [0.25, 0.3) is 10.2 Å². The maximum absolute atomic E-state index is 13.0. The third-order valence-electron chi connectivity index (χ3n) is 5.53. The highest BCUT2D eigenvalue weighted by molar-refractivity contribution is 7.18. The van der Waals surface area contributed by atoms with E-state index >= 15 is 0 Å². The third kappa shape index (κ3) is 3.27. The molecular formula is C21H21N3O4S. The van der Waals surface area contributed by atoms with Crippen molar-refractivity contribution in [2.45, 2.75) is 45.2 Å². The molecule has 1 aliphatic carbocycles. The number of aryl methyl sites for hydroxylation is 2. The van der Waals surface area contributed by atoms with E-state index in [2.05, 4.69) is 10.3 Å². The van der Waals surface area contributed by atoms with E-state index in [9.17, 15) is 9.59 Å². The van der Waals surface area contributed by atoms with Crippen molar-refractivity contribution in [3.63, 3.8) is 0 Å². The van der Waals surface area contributed by atoms with Gasteiger partial charge in [0, 0.05) is 4.88 Å². The quantitative estimate of drug-likeness (QED) is 0.714. The molecule has 0 unspecified atom stereocenters. The lowest BCUT2D eigenvalue weighted by Gasteiger charge is -2.15. The number of hydrogen-bond acceptors (Lipinski definition) is 6. The zero-order chi connectivity index (χ0) is 20.0. The van der Waals surface area contributed by atoms with Crippen LogP contribution in [0.3, 0.4) is 0 Å². The van der Waals surface area contributed by atoms with Crippen LogP contribution in [0.1, 0.15) is 41.8 Å². The van der Waals surface area contributed by atoms with Gasteiger partial charge in [-0.2, -0.15) is 0 Å². The molecule has 0 radical (unpaired) electrons. The Morgan fingerprint density at radius 3 is 3.00 bits per heavy atom. The number of hydrogen-bond donors (Lipinski definition) is 1. The van der Waals surface area contributed by atoms with Crippen LogP contribution in [0.2, 0.25) is 0 Å². The maximum Gasteiger partial charge on any atom is 0.262 e. The Bertz CT molecular complexity index is 1170. The molecule has 2 aliphatic rings. The van der Waals surface area contributed by atoms with Crippen LogP contribution in [0.15, 0.2) is 29.3 Å². The molecule has 0 bridgehead atoms. The van der Waals surface area contributed by atoms with E-state index in [0.717, 1.165) is 41.6 Å². The lowest BCUT2D eigenvalue weighted by molar-refractivity contribution is -0.122. The molecule has 0 saturated carbocycles. The van der Waals surface area contributed by atoms with Crippen molar-refractivity contribution in [2.75, 3.05) is 6.79 Å². The molecule has 1 aliphatic heterocycles. The Morgan fingerprint density at radius 1 is 1.28 bits per heavy atom. The summed E-state index contributed by atoms with van der Waals surface area (Å²) in [6, 6.07) is 5.38. The van der Waals surface area contributed by atoms with E-state index in [1.807, 2.05) is 25.1 Å². The topological polar surface area (TPSA) is 82.5 Å². The second-order valence-corrected chi connectivity index (χ2v) is 8.55. The van der Waals surface area contributed by atoms with Gasteiger partial charge < -0.3 is 14.8 Å². The molecule has 150 valence electrons. The summed E-state index contributed by atoms with van der Waals surface area (Å²) >= 11 is 1.61. The summed E-state index contributed by atoms with van der Waals surface area (Å²) in [5.74, 6) is 1.15. The number of carbonyl (C=O) groups is 1. The van der Waals surface area contributed by atoms with Gasteiger partial charge in [-0.1, -0.05) is 6.07 Å². The Balaban J connectivity index is 1.34. The summed E-state index contributed by atoms with van der Waals surface area (Å²) in [5, 5.41) is 3.65. The van der Waals surface area contributed by atoms with Gasteiger partial charge in [-0.15, -0.1) is 11.3 Å². The van der Waals surface area contributed by atoms with Gasteiger partial charge in [0.2, 0.25) is 12.7 Å². The SMILES string of the molecule is C[C@@H](NC(=O)Cn1cnc2sc3c(c2c1=O)CCCC3)c1ccc2c(c1)OCO2. The zero-order valence-corrected chi connectivity index (χ0v) is 16.9. The lowest BCUT2D eigenvalue weighted by Crippen LogP contribution is -2.34. The first-order valence-corrected chi connectivity index (χ1v) is 10.6. The molecule has 1 N–H and O–H groups in total. The summed E-state index contributed by atoms with van der Waals surface area (Å²) in [6.45, 7) is 2.06. The van der Waals surface area contributed by atoms with Crippen LogP contribution in [-0.2, 0) is 24.2 Å². The number of fused-ring (bicyclic) bond motifs is 4. The fourth-order valence-electron chi connectivity index (χ4n) is 4.00. The van der Waals surface area contributed by atoms with Crippen molar-refractivity contribution in [3.8, 4) is 11.5 Å². The molecule has 2 aromatic heterocycles. The minimum absolute atomic E-state index is 0.0543. The van der Waals surface area contributed by atoms with Gasteiger partial charge >= 0.3 is 0 Å². The van der Waals surface area contributed by atoms with Gasteiger partial charge in [0.05, 0.1) is 17.8 Å². The molecule has 29 heavy (non-hydrogen) atoms. The van der Waals surface area contributed by atoms with Gasteiger partial charge in [0.1, 0.15) is 11.4 Å². The predicted molar refractivity (Wildman–Crippen MR) is 110 cm³/mol. The standard InChI is InChI=1S/C21H21N3O4S/c1-12(13-6-7-15-16(8-13)28-11-27-15)23-18(25)9-24-10-22-20-19(21(24)26)14-4-2-3-5-17(14)29-20/h6-8,10,12H,2-5,9,11H2,1H3,(H,23,25)/t12-/m1/s1. The lowest BCUT2D eigenvalue weighted by atomic mass is 9.97. The van der Waals surface area contributed by atoms with Gasteiger partial charge in [0.25, 0.3) is 5.56 Å². The molecule has 0 fully saturated rings. The van der Waals surface area contributed by atoms with E-state index in [0.29, 0.717) is 16.9 Å². The highest BCUT2D eigenvalue weighted by Gasteiger charge is 2.21. The van der Waals surface area contributed by atoms with Crippen LogP contribution in [0.4, 0.5) is 0 Å². The average Bonchev–Trinajstić information content (AvgIpc) is 3.33. The molecule has 1 atom stereocenters. The zero-order valence-electron chi connectivity index (χ0n) is 16.1. The Hall–Kier alpha value is -2.87. The number of nitrogens with one attached hydrogen (secondary N) is 1. The van der Waals surface area contributed by atoms with E-state index in [4.69, 9.17) is 9.47 Å². The first kappa shape index (κ1) is 18.2. The van der Waals surface area contributed by atoms with Crippen LogP contribution in [0, 0.1) is 0 Å². The second kappa shape index (κ2) is 7.18. The van der Waals surface area contributed by atoms with Crippen molar-refractivity contribution >= 4 is 27.5 Å². The number of ether oxygens (including phenoxy) is 2. The summed E-state index contributed by atoms with van der Waals surface area (Å²) < 4.78 is 12.1. The summed E-state index contributed by atoms with van der Waals surface area (Å²) in [4.78, 5) is 32.1.